The average Bonchev–Trinajstić information content (AvgIpc) is 2.24. The van der Waals surface area contributed by atoms with Crippen LogP contribution in [0.2, 0.25) is 10.0 Å². The summed E-state index contributed by atoms with van der Waals surface area (Å²) in [5.41, 5.74) is 1.62. The number of alkyl halides is 3. The van der Waals surface area contributed by atoms with E-state index < -0.39 is 33.5 Å². The number of benzene rings is 1. The van der Waals surface area contributed by atoms with Gasteiger partial charge in [0, 0.05) is 5.69 Å². The molecule has 0 radical (unpaired) electrons. The van der Waals surface area contributed by atoms with Crippen molar-refractivity contribution in [3.05, 3.63) is 28.0 Å². The quantitative estimate of drug-likeness (QED) is 0.649. The molecule has 1 aromatic rings. The third-order valence-corrected chi connectivity index (χ3v) is 2.85. The number of halogens is 6. The van der Waals surface area contributed by atoms with Crippen molar-refractivity contribution in [2.24, 2.45) is 5.73 Å². The second-order valence-electron chi connectivity index (χ2n) is 3.91. The zero-order valence-electron chi connectivity index (χ0n) is 9.41. The number of hydrogen-bond donors (Lipinski definition) is 2. The second-order valence-corrected chi connectivity index (χ2v) is 4.72. The summed E-state index contributed by atoms with van der Waals surface area (Å²) in [6.45, 7) is 0.509. The maximum atomic E-state index is 13.1. The van der Waals surface area contributed by atoms with Gasteiger partial charge in [-0.05, 0) is 19.1 Å². The van der Waals surface area contributed by atoms with Crippen LogP contribution in [0.1, 0.15) is 6.92 Å². The van der Waals surface area contributed by atoms with Crippen molar-refractivity contribution in [2.75, 3.05) is 5.32 Å². The van der Waals surface area contributed by atoms with Crippen molar-refractivity contribution < 1.29 is 22.4 Å². The Bertz CT molecular complexity index is 494. The Labute approximate surface area is 115 Å². The minimum absolute atomic E-state index is 0.192. The normalized spacial score (nSPS) is 14.9. The molecular formula is C10H8Cl2F4N2O. The molecule has 0 spiro atoms. The molecule has 0 saturated heterocycles. The van der Waals surface area contributed by atoms with Gasteiger partial charge in [0.1, 0.15) is 0 Å². The van der Waals surface area contributed by atoms with Crippen molar-refractivity contribution >= 4 is 34.8 Å². The molecule has 0 aliphatic carbocycles. The van der Waals surface area contributed by atoms with Crippen LogP contribution in [-0.4, -0.2) is 17.6 Å². The Balaban J connectivity index is 3.02. The molecule has 19 heavy (non-hydrogen) atoms. The minimum Gasteiger partial charge on any atom is -0.324 e. The zero-order chi connectivity index (χ0) is 15.0. The number of amides is 1. The summed E-state index contributed by atoms with van der Waals surface area (Å²) in [7, 11) is 0. The van der Waals surface area contributed by atoms with Crippen LogP contribution in [0.3, 0.4) is 0 Å². The standard InChI is InChI=1S/C10H8Cl2F4N2O/c1-9(17,10(14,15)16)8(19)18-4-2-5(11)7(13)6(12)3-4/h2-3H,17H2,1H3,(H,18,19). The van der Waals surface area contributed by atoms with Gasteiger partial charge in [-0.15, -0.1) is 0 Å². The molecule has 1 aromatic carbocycles. The number of nitrogens with one attached hydrogen (secondary N) is 1. The third kappa shape index (κ3) is 3.29. The number of hydrogen-bond acceptors (Lipinski definition) is 2. The summed E-state index contributed by atoms with van der Waals surface area (Å²) < 4.78 is 50.6. The predicted molar refractivity (Wildman–Crippen MR) is 63.7 cm³/mol. The van der Waals surface area contributed by atoms with Crippen LogP contribution < -0.4 is 11.1 Å². The molecule has 1 rings (SSSR count). The summed E-state index contributed by atoms with van der Waals surface area (Å²) in [6.07, 6.45) is -4.94. The third-order valence-electron chi connectivity index (χ3n) is 2.30. The first-order valence-electron chi connectivity index (χ1n) is 4.78. The van der Waals surface area contributed by atoms with Gasteiger partial charge in [-0.2, -0.15) is 13.2 Å². The fourth-order valence-corrected chi connectivity index (χ4v) is 1.50. The molecule has 0 bridgehead atoms. The largest absolute Gasteiger partial charge is 0.415 e. The van der Waals surface area contributed by atoms with Gasteiger partial charge in [-0.25, -0.2) is 4.39 Å². The van der Waals surface area contributed by atoms with Crippen LogP contribution in [0.25, 0.3) is 0 Å². The molecule has 0 aromatic heterocycles. The summed E-state index contributed by atoms with van der Waals surface area (Å²) >= 11 is 10.9. The lowest BCUT2D eigenvalue weighted by Crippen LogP contribution is -2.59. The Kier molecular flexibility index (Phi) is 4.33. The van der Waals surface area contributed by atoms with Crippen LogP contribution in [0.5, 0.6) is 0 Å². The van der Waals surface area contributed by atoms with Gasteiger partial charge < -0.3 is 11.1 Å². The molecule has 1 amide bonds. The summed E-state index contributed by atoms with van der Waals surface area (Å²) in [5, 5.41) is 1.01. The number of rotatable bonds is 2. The highest BCUT2D eigenvalue weighted by Crippen LogP contribution is 2.31. The van der Waals surface area contributed by atoms with E-state index in [2.05, 4.69) is 0 Å². The first-order valence-corrected chi connectivity index (χ1v) is 5.54. The summed E-state index contributed by atoms with van der Waals surface area (Å²) in [5.74, 6) is -2.45. The van der Waals surface area contributed by atoms with Crippen molar-refractivity contribution in [2.45, 2.75) is 18.6 Å². The lowest BCUT2D eigenvalue weighted by atomic mass is 10.0. The Hall–Kier alpha value is -1.05. The van der Waals surface area contributed by atoms with E-state index in [4.69, 9.17) is 28.9 Å². The molecular weight excluding hydrogens is 311 g/mol. The van der Waals surface area contributed by atoms with Gasteiger partial charge in [0.25, 0.3) is 5.91 Å². The molecule has 0 aliphatic heterocycles. The van der Waals surface area contributed by atoms with E-state index in [0.717, 1.165) is 12.1 Å². The van der Waals surface area contributed by atoms with E-state index in [0.29, 0.717) is 6.92 Å². The Morgan fingerprint density at radius 1 is 1.26 bits per heavy atom. The molecule has 1 unspecified atom stereocenters. The topological polar surface area (TPSA) is 55.1 Å². The first kappa shape index (κ1) is 16.0. The highest BCUT2D eigenvalue weighted by atomic mass is 35.5. The van der Waals surface area contributed by atoms with Crippen LogP contribution >= 0.6 is 23.2 Å². The van der Waals surface area contributed by atoms with Crippen LogP contribution in [0.15, 0.2) is 12.1 Å². The van der Waals surface area contributed by atoms with E-state index in [-0.39, 0.29) is 5.69 Å². The highest BCUT2D eigenvalue weighted by Gasteiger charge is 2.54. The fraction of sp³-hybridized carbons (Fsp3) is 0.300. The van der Waals surface area contributed by atoms with Gasteiger partial charge in [0.05, 0.1) is 10.0 Å². The van der Waals surface area contributed by atoms with Crippen molar-refractivity contribution in [1.29, 1.82) is 0 Å². The maximum Gasteiger partial charge on any atom is 0.415 e. The second kappa shape index (κ2) is 5.15. The molecule has 3 N–H and O–H groups in total. The monoisotopic (exact) mass is 318 g/mol. The molecule has 106 valence electrons. The van der Waals surface area contributed by atoms with Gasteiger partial charge in [0.2, 0.25) is 0 Å². The lowest BCUT2D eigenvalue weighted by Gasteiger charge is -2.26. The number of nitrogens with two attached hydrogens (primary N) is 1. The van der Waals surface area contributed by atoms with E-state index >= 15 is 0 Å². The molecule has 0 aliphatic rings. The highest BCUT2D eigenvalue weighted by molar-refractivity contribution is 6.35. The number of anilines is 1. The van der Waals surface area contributed by atoms with E-state index in [1.165, 1.54) is 0 Å². The lowest BCUT2D eigenvalue weighted by molar-refractivity contribution is -0.184. The van der Waals surface area contributed by atoms with Crippen LogP contribution in [0, 0.1) is 5.82 Å². The molecule has 3 nitrogen and oxygen atoms in total. The molecule has 0 saturated carbocycles. The first-order chi connectivity index (χ1) is 8.46. The summed E-state index contributed by atoms with van der Waals surface area (Å²) in [4.78, 5) is 11.5. The molecule has 0 fully saturated rings. The summed E-state index contributed by atoms with van der Waals surface area (Å²) in [6, 6.07) is 1.85. The fourth-order valence-electron chi connectivity index (χ4n) is 1.02. The maximum absolute atomic E-state index is 13.1. The van der Waals surface area contributed by atoms with Crippen molar-refractivity contribution in [3.8, 4) is 0 Å². The van der Waals surface area contributed by atoms with E-state index in [1.807, 2.05) is 5.32 Å². The van der Waals surface area contributed by atoms with Gasteiger partial charge in [0.15, 0.2) is 11.4 Å². The smallest absolute Gasteiger partial charge is 0.324 e. The van der Waals surface area contributed by atoms with Gasteiger partial charge in [-0.3, -0.25) is 4.79 Å². The van der Waals surface area contributed by atoms with Crippen molar-refractivity contribution in [1.82, 2.24) is 0 Å². The van der Waals surface area contributed by atoms with E-state index in [1.54, 1.807) is 0 Å². The van der Waals surface area contributed by atoms with Crippen LogP contribution in [0.4, 0.5) is 23.2 Å². The molecule has 0 heterocycles. The Morgan fingerprint density at radius 3 is 2.05 bits per heavy atom. The van der Waals surface area contributed by atoms with Gasteiger partial charge in [-0.1, -0.05) is 23.2 Å². The van der Waals surface area contributed by atoms with Crippen molar-refractivity contribution in [3.63, 3.8) is 0 Å². The van der Waals surface area contributed by atoms with Crippen LogP contribution in [-0.2, 0) is 4.79 Å². The predicted octanol–water partition coefficient (Wildman–Crippen LogP) is 3.35. The number of carbonyl (C=O) groups is 1. The SMILES string of the molecule is CC(N)(C(=O)Nc1cc(Cl)c(F)c(Cl)c1)C(F)(F)F. The molecule has 9 heteroatoms. The Morgan fingerprint density at radius 2 is 1.68 bits per heavy atom. The number of carbonyl (C=O) groups excluding carboxylic acids is 1. The molecule has 1 atom stereocenters. The zero-order valence-corrected chi connectivity index (χ0v) is 10.9. The van der Waals surface area contributed by atoms with E-state index in [9.17, 15) is 22.4 Å². The minimum atomic E-state index is -4.94. The van der Waals surface area contributed by atoms with Gasteiger partial charge >= 0.3 is 6.18 Å². The average molecular weight is 319 g/mol.